The second kappa shape index (κ2) is 16.8. The molecule has 2 amide bonds. The minimum atomic E-state index is -0.423. The Morgan fingerprint density at radius 1 is 0.972 bits per heavy atom. The summed E-state index contributed by atoms with van der Waals surface area (Å²) >= 11 is 0. The summed E-state index contributed by atoms with van der Waals surface area (Å²) in [4.78, 5) is 24.9. The van der Waals surface area contributed by atoms with E-state index in [1.54, 1.807) is 26.0 Å². The molecular formula is C31H43N3O2. The average molecular weight is 490 g/mol. The predicted molar refractivity (Wildman–Crippen MR) is 155 cm³/mol. The fourth-order valence-corrected chi connectivity index (χ4v) is 3.54. The summed E-state index contributed by atoms with van der Waals surface area (Å²) in [5.74, 6) is 1.91. The third-order valence-electron chi connectivity index (χ3n) is 5.13. The van der Waals surface area contributed by atoms with Crippen molar-refractivity contribution >= 4 is 17.5 Å². The van der Waals surface area contributed by atoms with Crippen LogP contribution < -0.4 is 16.4 Å². The number of rotatable bonds is 3. The van der Waals surface area contributed by atoms with Gasteiger partial charge in [-0.05, 0) is 94.5 Å². The molecule has 2 aromatic carbocycles. The highest BCUT2D eigenvalue weighted by molar-refractivity contribution is 5.94. The van der Waals surface area contributed by atoms with Crippen LogP contribution in [0.2, 0.25) is 0 Å². The van der Waals surface area contributed by atoms with Crippen LogP contribution in [0.25, 0.3) is 11.1 Å². The number of benzene rings is 2. The molecule has 1 aliphatic rings. The maximum absolute atomic E-state index is 11.9. The summed E-state index contributed by atoms with van der Waals surface area (Å²) in [5.41, 5.74) is 17.6. The van der Waals surface area contributed by atoms with Gasteiger partial charge in [-0.1, -0.05) is 43.7 Å². The van der Waals surface area contributed by atoms with Gasteiger partial charge in [0.15, 0.2) is 0 Å². The molecule has 0 bridgehead atoms. The van der Waals surface area contributed by atoms with Crippen molar-refractivity contribution in [2.24, 2.45) is 11.5 Å². The van der Waals surface area contributed by atoms with E-state index in [2.05, 4.69) is 25.3 Å². The fraction of sp³-hybridized carbons (Fsp3) is 0.355. The molecule has 0 spiro atoms. The summed E-state index contributed by atoms with van der Waals surface area (Å²) < 4.78 is 0. The normalized spacial score (nSPS) is 13.6. The number of allylic oxidation sites excluding steroid dienone is 4. The zero-order valence-electron chi connectivity index (χ0n) is 23.2. The Labute approximate surface area is 218 Å². The molecule has 0 aliphatic carbocycles. The first-order valence-corrected chi connectivity index (χ1v) is 12.3. The third kappa shape index (κ3) is 10.7. The molecule has 194 valence electrons. The van der Waals surface area contributed by atoms with Gasteiger partial charge in [0.25, 0.3) is 0 Å². The summed E-state index contributed by atoms with van der Waals surface area (Å²) in [5, 5.41) is 0. The third-order valence-corrected chi connectivity index (χ3v) is 5.13. The van der Waals surface area contributed by atoms with Crippen LogP contribution in [0.15, 0.2) is 65.9 Å². The molecule has 4 N–H and O–H groups in total. The van der Waals surface area contributed by atoms with Gasteiger partial charge in [-0.2, -0.15) is 0 Å². The number of carbonyl (C=O) groups is 2. The number of carbonyl (C=O) groups excluding carboxylic acids is 2. The lowest BCUT2D eigenvalue weighted by molar-refractivity contribution is -0.117. The van der Waals surface area contributed by atoms with Gasteiger partial charge in [0.2, 0.25) is 11.8 Å². The van der Waals surface area contributed by atoms with Crippen LogP contribution in [-0.4, -0.2) is 17.9 Å². The van der Waals surface area contributed by atoms with Crippen LogP contribution in [0.3, 0.4) is 0 Å². The minimum absolute atomic E-state index is 0.0806. The van der Waals surface area contributed by atoms with E-state index in [9.17, 15) is 9.59 Å². The van der Waals surface area contributed by atoms with Crippen LogP contribution in [0.1, 0.15) is 77.7 Å². The van der Waals surface area contributed by atoms with Crippen LogP contribution >= 0.6 is 0 Å². The zero-order chi connectivity index (χ0) is 27.8. The maximum atomic E-state index is 11.9. The molecule has 1 atom stereocenters. The largest absolute Gasteiger partial charge is 0.402 e. The SMILES string of the molecule is C#CC.CC.CC(=O)N1c2ccc(-c3ccc(C(N)=O)cc3)cc2CC[C@@H]1C.CC(C)=C/C=C(\C)N. The van der Waals surface area contributed by atoms with E-state index in [-0.39, 0.29) is 11.9 Å². The highest BCUT2D eigenvalue weighted by atomic mass is 16.2. The zero-order valence-corrected chi connectivity index (χ0v) is 23.2. The quantitative estimate of drug-likeness (QED) is 0.375. The molecule has 5 nitrogen and oxygen atoms in total. The molecule has 0 saturated heterocycles. The summed E-state index contributed by atoms with van der Waals surface area (Å²) in [6.07, 6.45) is 10.4. The van der Waals surface area contributed by atoms with E-state index in [1.807, 2.05) is 75.9 Å². The van der Waals surface area contributed by atoms with E-state index in [0.717, 1.165) is 35.4 Å². The minimum Gasteiger partial charge on any atom is -0.402 e. The molecule has 36 heavy (non-hydrogen) atoms. The Balaban J connectivity index is 0.000000792. The summed E-state index contributed by atoms with van der Waals surface area (Å²) in [7, 11) is 0. The van der Waals surface area contributed by atoms with E-state index in [0.29, 0.717) is 5.56 Å². The molecule has 0 saturated carbocycles. The smallest absolute Gasteiger partial charge is 0.248 e. The summed E-state index contributed by atoms with van der Waals surface area (Å²) in [6.45, 7) is 15.3. The number of nitrogens with two attached hydrogens (primary N) is 2. The van der Waals surface area contributed by atoms with Gasteiger partial charge in [-0.15, -0.1) is 12.3 Å². The molecule has 5 heteroatoms. The van der Waals surface area contributed by atoms with Gasteiger partial charge >= 0.3 is 0 Å². The van der Waals surface area contributed by atoms with E-state index >= 15 is 0 Å². The Morgan fingerprint density at radius 2 is 1.50 bits per heavy atom. The van der Waals surface area contributed by atoms with E-state index in [1.165, 1.54) is 11.1 Å². The lowest BCUT2D eigenvalue weighted by atomic mass is 9.93. The molecular weight excluding hydrogens is 446 g/mol. The topological polar surface area (TPSA) is 89.4 Å². The Bertz CT molecular complexity index is 1070. The standard InChI is InChI=1S/C19H20N2O2.C7H13N.C3H4.C2H6/c1-12-3-4-17-11-16(9-10-18(17)21(12)13(2)22)14-5-7-15(8-6-14)19(20)23;1-6(2)4-5-7(3)8;1-3-2;1-2/h5-12H,3-4H2,1-2H3,(H2,20,23);4-5H,8H2,1-3H3;1H,2H3;1-2H3/b;7-5+;;/t12-;;;/m0.../s1. The Morgan fingerprint density at radius 3 is 1.92 bits per heavy atom. The van der Waals surface area contributed by atoms with Gasteiger partial charge < -0.3 is 16.4 Å². The molecule has 3 rings (SSSR count). The van der Waals surface area contributed by atoms with Gasteiger partial charge in [0.05, 0.1) is 0 Å². The number of hydrogen-bond acceptors (Lipinski definition) is 3. The molecule has 1 aliphatic heterocycles. The number of nitrogens with zero attached hydrogens (tertiary/aromatic N) is 1. The number of anilines is 1. The van der Waals surface area contributed by atoms with Crippen molar-refractivity contribution in [3.8, 4) is 23.5 Å². The number of aryl methyl sites for hydroxylation is 1. The first-order valence-electron chi connectivity index (χ1n) is 12.3. The number of hydrogen-bond donors (Lipinski definition) is 2. The van der Waals surface area contributed by atoms with Crippen LogP contribution in [0.5, 0.6) is 0 Å². The summed E-state index contributed by atoms with van der Waals surface area (Å²) in [6, 6.07) is 13.7. The second-order valence-corrected chi connectivity index (χ2v) is 8.51. The molecule has 0 radical (unpaired) electrons. The van der Waals surface area contributed by atoms with Gasteiger partial charge in [-0.25, -0.2) is 0 Å². The van der Waals surface area contributed by atoms with Gasteiger partial charge in [0.1, 0.15) is 0 Å². The highest BCUT2D eigenvalue weighted by Crippen LogP contribution is 2.34. The Hall–Kier alpha value is -3.78. The molecule has 0 fully saturated rings. The van der Waals surface area contributed by atoms with E-state index < -0.39 is 5.91 Å². The maximum Gasteiger partial charge on any atom is 0.248 e. The average Bonchev–Trinajstić information content (AvgIpc) is 2.84. The highest BCUT2D eigenvalue weighted by Gasteiger charge is 2.26. The van der Waals surface area contributed by atoms with E-state index in [4.69, 9.17) is 11.5 Å². The Kier molecular flexibility index (Phi) is 15.0. The fourth-order valence-electron chi connectivity index (χ4n) is 3.54. The predicted octanol–water partition coefficient (Wildman–Crippen LogP) is 6.62. The number of amides is 2. The molecule has 0 unspecified atom stereocenters. The lowest BCUT2D eigenvalue weighted by Crippen LogP contribution is -2.40. The number of terminal acetylenes is 1. The second-order valence-electron chi connectivity index (χ2n) is 8.51. The van der Waals surface area contributed by atoms with Crippen molar-refractivity contribution in [3.63, 3.8) is 0 Å². The first-order chi connectivity index (χ1) is 17.0. The van der Waals surface area contributed by atoms with Crippen LogP contribution in [0.4, 0.5) is 5.69 Å². The van der Waals surface area contributed by atoms with Crippen molar-refractivity contribution in [1.82, 2.24) is 0 Å². The van der Waals surface area contributed by atoms with Crippen molar-refractivity contribution in [2.45, 2.75) is 74.3 Å². The van der Waals surface area contributed by atoms with Crippen molar-refractivity contribution in [1.29, 1.82) is 0 Å². The van der Waals surface area contributed by atoms with Crippen LogP contribution in [-0.2, 0) is 11.2 Å². The molecule has 1 heterocycles. The number of fused-ring (bicyclic) bond motifs is 1. The molecule has 0 aromatic heterocycles. The van der Waals surface area contributed by atoms with Crippen molar-refractivity contribution < 1.29 is 9.59 Å². The molecule has 2 aromatic rings. The lowest BCUT2D eigenvalue weighted by Gasteiger charge is -2.34. The van der Waals surface area contributed by atoms with Crippen LogP contribution in [0, 0.1) is 12.3 Å². The first kappa shape index (κ1) is 32.2. The van der Waals surface area contributed by atoms with Gasteiger partial charge in [0, 0.05) is 29.9 Å². The van der Waals surface area contributed by atoms with Crippen molar-refractivity contribution in [3.05, 3.63) is 77.0 Å². The van der Waals surface area contributed by atoms with Gasteiger partial charge in [-0.3, -0.25) is 9.59 Å². The monoisotopic (exact) mass is 489 g/mol. The number of primary amides is 1. The van der Waals surface area contributed by atoms with Crippen molar-refractivity contribution in [2.75, 3.05) is 4.90 Å².